The van der Waals surface area contributed by atoms with Crippen LogP contribution in [0.4, 0.5) is 0 Å². The molecule has 0 aromatic carbocycles. The largest absolute Gasteiger partial charge is 0.472 e. The highest BCUT2D eigenvalue weighted by molar-refractivity contribution is 7.47. The molecule has 0 saturated carbocycles. The number of phosphoric acid groups is 2. The van der Waals surface area contributed by atoms with Crippen LogP contribution >= 0.6 is 15.6 Å². The zero-order valence-electron chi connectivity index (χ0n) is 71.3. The molecule has 3 N–H and O–H groups in total. The first-order chi connectivity index (χ1) is 52.2. The first-order valence-electron chi connectivity index (χ1n) is 45.8. The van der Waals surface area contributed by atoms with Gasteiger partial charge >= 0.3 is 39.5 Å². The number of aliphatic hydroxyl groups is 1. The van der Waals surface area contributed by atoms with Gasteiger partial charge in [-0.05, 0) is 43.4 Å². The molecule has 642 valence electrons. The highest BCUT2D eigenvalue weighted by Gasteiger charge is 2.31. The van der Waals surface area contributed by atoms with Crippen molar-refractivity contribution in [2.24, 2.45) is 17.8 Å². The van der Waals surface area contributed by atoms with Gasteiger partial charge in [0.15, 0.2) is 12.2 Å². The highest BCUT2D eigenvalue weighted by Crippen LogP contribution is 2.45. The lowest BCUT2D eigenvalue weighted by atomic mass is 10.0. The molecule has 0 bridgehead atoms. The summed E-state index contributed by atoms with van der Waals surface area (Å²) in [6.45, 7) is 12.0. The van der Waals surface area contributed by atoms with E-state index in [2.05, 4.69) is 48.5 Å². The quantitative estimate of drug-likeness (QED) is 0.0222. The summed E-state index contributed by atoms with van der Waals surface area (Å²) in [5, 5.41) is 10.7. The Labute approximate surface area is 664 Å². The van der Waals surface area contributed by atoms with Crippen LogP contribution in [0.25, 0.3) is 0 Å². The molecule has 0 aromatic rings. The highest BCUT2D eigenvalue weighted by atomic mass is 31.2. The monoisotopic (exact) mass is 1580 g/mol. The van der Waals surface area contributed by atoms with E-state index in [1.807, 2.05) is 0 Å². The predicted molar refractivity (Wildman–Crippen MR) is 446 cm³/mol. The molecule has 0 saturated heterocycles. The average Bonchev–Trinajstić information content (AvgIpc) is 0.900. The molecule has 0 rings (SSSR count). The molecule has 0 aliphatic heterocycles. The lowest BCUT2D eigenvalue weighted by molar-refractivity contribution is -0.161. The van der Waals surface area contributed by atoms with Gasteiger partial charge in [-0.2, -0.15) is 0 Å². The number of carbonyl (C=O) groups excluding carboxylic acids is 4. The van der Waals surface area contributed by atoms with E-state index in [0.717, 1.165) is 108 Å². The van der Waals surface area contributed by atoms with Crippen LogP contribution in [0.2, 0.25) is 0 Å². The predicted octanol–water partition coefficient (Wildman–Crippen LogP) is 27.3. The summed E-state index contributed by atoms with van der Waals surface area (Å²) in [7, 11) is -9.93. The van der Waals surface area contributed by atoms with Crippen molar-refractivity contribution >= 4 is 39.5 Å². The topological polar surface area (TPSA) is 237 Å². The fourth-order valence-electron chi connectivity index (χ4n) is 13.9. The molecular formula is C89H174O17P2. The summed E-state index contributed by atoms with van der Waals surface area (Å²) < 4.78 is 69.0. The molecule has 0 amide bonds. The minimum absolute atomic E-state index is 0.107. The van der Waals surface area contributed by atoms with Crippen LogP contribution in [0.15, 0.2) is 0 Å². The Bertz CT molecular complexity index is 2080. The minimum Gasteiger partial charge on any atom is -0.462 e. The van der Waals surface area contributed by atoms with Crippen molar-refractivity contribution in [3.8, 4) is 0 Å². The third kappa shape index (κ3) is 82.1. The van der Waals surface area contributed by atoms with Gasteiger partial charge in [0.25, 0.3) is 0 Å². The molecule has 0 fully saturated rings. The Kier molecular flexibility index (Phi) is 77.5. The average molecular weight is 1580 g/mol. The van der Waals surface area contributed by atoms with Gasteiger partial charge in [0, 0.05) is 25.7 Å². The van der Waals surface area contributed by atoms with E-state index in [1.165, 1.54) is 283 Å². The first-order valence-corrected chi connectivity index (χ1v) is 48.8. The Hall–Kier alpha value is -1.94. The number of carbonyl (C=O) groups is 4. The van der Waals surface area contributed by atoms with Gasteiger partial charge in [0.2, 0.25) is 0 Å². The second-order valence-corrected chi connectivity index (χ2v) is 36.3. The number of rotatable bonds is 87. The van der Waals surface area contributed by atoms with Crippen molar-refractivity contribution in [2.45, 2.75) is 491 Å². The Balaban J connectivity index is 5.25. The van der Waals surface area contributed by atoms with Gasteiger partial charge in [0.05, 0.1) is 26.4 Å². The molecular weight excluding hydrogens is 1400 g/mol. The van der Waals surface area contributed by atoms with Crippen molar-refractivity contribution in [3.63, 3.8) is 0 Å². The van der Waals surface area contributed by atoms with Crippen LogP contribution in [0.3, 0.4) is 0 Å². The number of ether oxygens (including phenoxy) is 4. The number of hydrogen-bond donors (Lipinski definition) is 3. The molecule has 0 aliphatic rings. The fraction of sp³-hybridized carbons (Fsp3) is 0.955. The van der Waals surface area contributed by atoms with Gasteiger partial charge in [-0.3, -0.25) is 37.3 Å². The number of aliphatic hydroxyl groups excluding tert-OH is 1. The molecule has 17 nitrogen and oxygen atoms in total. The minimum atomic E-state index is -4.97. The van der Waals surface area contributed by atoms with Gasteiger partial charge in [-0.15, -0.1) is 0 Å². The summed E-state index contributed by atoms with van der Waals surface area (Å²) in [5.41, 5.74) is 0. The molecule has 108 heavy (non-hydrogen) atoms. The van der Waals surface area contributed by atoms with Crippen molar-refractivity contribution in [1.29, 1.82) is 0 Å². The summed E-state index contributed by atoms with van der Waals surface area (Å²) in [5.74, 6) is 0.250. The molecule has 0 heterocycles. The molecule has 5 atom stereocenters. The van der Waals surface area contributed by atoms with Crippen LogP contribution in [0.5, 0.6) is 0 Å². The van der Waals surface area contributed by atoms with Gasteiger partial charge in [-0.1, -0.05) is 421 Å². The lowest BCUT2D eigenvalue weighted by Gasteiger charge is -2.21. The van der Waals surface area contributed by atoms with E-state index in [-0.39, 0.29) is 25.7 Å². The summed E-state index contributed by atoms with van der Waals surface area (Å²) >= 11 is 0. The first kappa shape index (κ1) is 106. The van der Waals surface area contributed by atoms with Gasteiger partial charge < -0.3 is 33.8 Å². The fourth-order valence-corrected chi connectivity index (χ4v) is 15.5. The smallest absolute Gasteiger partial charge is 0.462 e. The normalized spacial score (nSPS) is 13.8. The van der Waals surface area contributed by atoms with E-state index in [9.17, 15) is 43.2 Å². The maximum atomic E-state index is 13.2. The van der Waals surface area contributed by atoms with E-state index >= 15 is 0 Å². The van der Waals surface area contributed by atoms with E-state index in [4.69, 9.17) is 37.0 Å². The third-order valence-electron chi connectivity index (χ3n) is 20.9. The Morgan fingerprint density at radius 2 is 0.426 bits per heavy atom. The van der Waals surface area contributed by atoms with Crippen LogP contribution < -0.4 is 0 Å². The van der Waals surface area contributed by atoms with Gasteiger partial charge in [-0.25, -0.2) is 9.13 Å². The Morgan fingerprint density at radius 3 is 0.630 bits per heavy atom. The zero-order chi connectivity index (χ0) is 79.3. The number of esters is 4. The summed E-state index contributed by atoms with van der Waals surface area (Å²) in [6, 6.07) is 0. The standard InChI is InChI=1S/C89H174O17P2/c1-8-9-10-11-12-13-14-15-16-17-18-22-25-30-35-42-49-56-63-70-86(91)99-76-84(105-88(93)72-65-58-51-43-36-31-26-23-20-19-21-24-28-33-39-46-53-60-67-80(2)3)78-103-107(95,96)101-74-83(90)75-102-108(97,98)104-79-85(77-100-87(92)71-64-57-50-45-38-41-48-55-62-69-82(6)7)106-89(94)73-66-59-52-44-37-32-27-29-34-40-47-54-61-68-81(4)5/h80-85,90H,8-79H2,1-7H3,(H,95,96)(H,97,98)/t83-,84-,85-/m1/s1. The summed E-state index contributed by atoms with van der Waals surface area (Å²) in [4.78, 5) is 73.4. The zero-order valence-corrected chi connectivity index (χ0v) is 73.1. The third-order valence-corrected chi connectivity index (χ3v) is 22.8. The molecule has 2 unspecified atom stereocenters. The van der Waals surface area contributed by atoms with Crippen molar-refractivity contribution in [3.05, 3.63) is 0 Å². The van der Waals surface area contributed by atoms with Crippen molar-refractivity contribution in [1.82, 2.24) is 0 Å². The van der Waals surface area contributed by atoms with E-state index < -0.39 is 97.5 Å². The maximum Gasteiger partial charge on any atom is 0.472 e. The van der Waals surface area contributed by atoms with Crippen LogP contribution in [-0.4, -0.2) is 96.7 Å². The Morgan fingerprint density at radius 1 is 0.250 bits per heavy atom. The second-order valence-electron chi connectivity index (χ2n) is 33.4. The number of unbranched alkanes of at least 4 members (excludes halogenated alkanes) is 55. The second kappa shape index (κ2) is 78.9. The molecule has 0 aliphatic carbocycles. The van der Waals surface area contributed by atoms with E-state index in [0.29, 0.717) is 25.7 Å². The van der Waals surface area contributed by atoms with Gasteiger partial charge in [0.1, 0.15) is 19.3 Å². The molecule has 0 spiro atoms. The van der Waals surface area contributed by atoms with Crippen molar-refractivity contribution in [2.75, 3.05) is 39.6 Å². The van der Waals surface area contributed by atoms with E-state index in [1.54, 1.807) is 0 Å². The summed E-state index contributed by atoms with van der Waals surface area (Å²) in [6.07, 6.45) is 70.9. The number of hydrogen-bond acceptors (Lipinski definition) is 15. The molecule has 0 aromatic heterocycles. The SMILES string of the molecule is CCCCCCCCCCCCCCCCCCCCCC(=O)OC[C@H](COP(=O)(O)OC[C@@H](O)COP(=O)(O)OC[C@@H](COC(=O)CCCCCCCCCCCC(C)C)OC(=O)CCCCCCCCCCCCCCCC(C)C)OC(=O)CCCCCCCCCCCCCCCCCCCCC(C)C. The molecule has 19 heteroatoms. The molecule has 0 radical (unpaired) electrons. The van der Waals surface area contributed by atoms with Crippen LogP contribution in [0.1, 0.15) is 472 Å². The van der Waals surface area contributed by atoms with Crippen LogP contribution in [0, 0.1) is 17.8 Å². The number of phosphoric ester groups is 2. The lowest BCUT2D eigenvalue weighted by Crippen LogP contribution is -2.30. The van der Waals surface area contributed by atoms with Crippen molar-refractivity contribution < 1.29 is 80.2 Å². The van der Waals surface area contributed by atoms with Crippen LogP contribution in [-0.2, 0) is 65.4 Å². The maximum absolute atomic E-state index is 13.2.